The van der Waals surface area contributed by atoms with Crippen molar-refractivity contribution >= 4 is 17.1 Å². The molecule has 0 atom stereocenters. The van der Waals surface area contributed by atoms with E-state index in [0.29, 0.717) is 0 Å². The van der Waals surface area contributed by atoms with Crippen LogP contribution in [0.3, 0.4) is 0 Å². The van der Waals surface area contributed by atoms with Gasteiger partial charge >= 0.3 is 0 Å². The summed E-state index contributed by atoms with van der Waals surface area (Å²) in [6, 6.07) is 31.9. The fraction of sp³-hybridized carbons (Fsp3) is 0. The van der Waals surface area contributed by atoms with Crippen LogP contribution < -0.4 is 4.90 Å². The molecule has 4 aromatic rings. The van der Waals surface area contributed by atoms with E-state index in [9.17, 15) is 0 Å². The van der Waals surface area contributed by atoms with Crippen molar-refractivity contribution in [3.8, 4) is 5.69 Å². The fourth-order valence-electron chi connectivity index (χ4n) is 2.73. The first-order chi connectivity index (χ1) is 11.9. The zero-order valence-corrected chi connectivity index (χ0v) is 15.7. The van der Waals surface area contributed by atoms with Gasteiger partial charge in [0.1, 0.15) is 0 Å². The summed E-state index contributed by atoms with van der Waals surface area (Å²) < 4.78 is 1.82. The molecule has 0 radical (unpaired) electrons. The summed E-state index contributed by atoms with van der Waals surface area (Å²) in [7, 11) is 0. The number of benzene rings is 3. The molecule has 0 unspecified atom stereocenters. The minimum atomic E-state index is 0. The second kappa shape index (κ2) is 7.96. The van der Waals surface area contributed by atoms with E-state index in [0.717, 1.165) is 22.7 Å². The number of aromatic nitrogens is 2. The van der Waals surface area contributed by atoms with E-state index in [-0.39, 0.29) is 21.1 Å². The van der Waals surface area contributed by atoms with Crippen molar-refractivity contribution in [2.75, 3.05) is 4.90 Å². The molecule has 0 aliphatic heterocycles. The second-order valence-corrected chi connectivity index (χ2v) is 5.39. The molecule has 25 heavy (non-hydrogen) atoms. The minimum absolute atomic E-state index is 0. The SMILES string of the molecule is [Pt].[c-]1ccc(N(c2ccccc2)c2ccccc2)cc1-n1cccn1. The maximum Gasteiger partial charge on any atom is 0.0493 e. The Bertz CT molecular complexity index is 867. The number of hydrogen-bond donors (Lipinski definition) is 0. The van der Waals surface area contributed by atoms with E-state index >= 15 is 0 Å². The van der Waals surface area contributed by atoms with Crippen molar-refractivity contribution in [1.82, 2.24) is 9.78 Å². The molecule has 0 aliphatic rings. The predicted octanol–water partition coefficient (Wildman–Crippen LogP) is 5.14. The maximum atomic E-state index is 4.30. The van der Waals surface area contributed by atoms with Crippen molar-refractivity contribution in [3.05, 3.63) is 103 Å². The van der Waals surface area contributed by atoms with Crippen molar-refractivity contribution in [2.45, 2.75) is 0 Å². The molecular formula is C21H16N3Pt-. The Morgan fingerprint density at radius 1 is 0.760 bits per heavy atom. The van der Waals surface area contributed by atoms with E-state index in [1.807, 2.05) is 35.1 Å². The van der Waals surface area contributed by atoms with Crippen molar-refractivity contribution in [3.63, 3.8) is 0 Å². The van der Waals surface area contributed by atoms with Crippen molar-refractivity contribution in [2.24, 2.45) is 0 Å². The maximum absolute atomic E-state index is 4.30. The first kappa shape index (κ1) is 17.2. The average molecular weight is 505 g/mol. The van der Waals surface area contributed by atoms with Gasteiger partial charge in [0.2, 0.25) is 0 Å². The Balaban J connectivity index is 0.00000182. The van der Waals surface area contributed by atoms with E-state index in [4.69, 9.17) is 0 Å². The summed E-state index contributed by atoms with van der Waals surface area (Å²) in [5.74, 6) is 0. The Morgan fingerprint density at radius 3 is 1.96 bits per heavy atom. The van der Waals surface area contributed by atoms with Gasteiger partial charge in [-0.05, 0) is 36.0 Å². The molecule has 126 valence electrons. The molecule has 1 aromatic heterocycles. The van der Waals surface area contributed by atoms with Gasteiger partial charge in [0, 0.05) is 44.8 Å². The van der Waals surface area contributed by atoms with Crippen LogP contribution in [0.1, 0.15) is 0 Å². The summed E-state index contributed by atoms with van der Waals surface area (Å²) in [4.78, 5) is 2.22. The Labute approximate surface area is 161 Å². The van der Waals surface area contributed by atoms with Crippen LogP contribution >= 0.6 is 0 Å². The molecule has 0 N–H and O–H groups in total. The van der Waals surface area contributed by atoms with Crippen LogP contribution in [0, 0.1) is 6.07 Å². The summed E-state index contributed by atoms with van der Waals surface area (Å²) in [5, 5.41) is 4.30. The van der Waals surface area contributed by atoms with Crippen LogP contribution in [0.5, 0.6) is 0 Å². The molecule has 3 aromatic carbocycles. The third kappa shape index (κ3) is 3.72. The molecule has 0 saturated carbocycles. The van der Waals surface area contributed by atoms with Crippen LogP contribution in [0.25, 0.3) is 5.69 Å². The van der Waals surface area contributed by atoms with Crippen LogP contribution in [0.2, 0.25) is 0 Å². The summed E-state index contributed by atoms with van der Waals surface area (Å²) in [6.45, 7) is 0. The van der Waals surface area contributed by atoms with Gasteiger partial charge in [-0.25, -0.2) is 0 Å². The van der Waals surface area contributed by atoms with Crippen LogP contribution in [-0.4, -0.2) is 9.78 Å². The molecule has 4 rings (SSSR count). The van der Waals surface area contributed by atoms with E-state index in [1.165, 1.54) is 0 Å². The monoisotopic (exact) mass is 505 g/mol. The quantitative estimate of drug-likeness (QED) is 0.358. The Morgan fingerprint density at radius 2 is 1.40 bits per heavy atom. The first-order valence-electron chi connectivity index (χ1n) is 7.84. The van der Waals surface area contributed by atoms with Gasteiger partial charge in [-0.2, -0.15) is 17.2 Å². The molecule has 0 bridgehead atoms. The molecule has 1 heterocycles. The molecule has 3 nitrogen and oxygen atoms in total. The summed E-state index contributed by atoms with van der Waals surface area (Å²) >= 11 is 0. The van der Waals surface area contributed by atoms with E-state index in [2.05, 4.69) is 76.7 Å². The molecule has 0 spiro atoms. The summed E-state index contributed by atoms with van der Waals surface area (Å²) in [6.07, 6.45) is 3.69. The predicted molar refractivity (Wildman–Crippen MR) is 97.1 cm³/mol. The Kier molecular flexibility index (Phi) is 5.47. The number of rotatable bonds is 4. The van der Waals surface area contributed by atoms with Gasteiger partial charge in [0.05, 0.1) is 0 Å². The van der Waals surface area contributed by atoms with Gasteiger partial charge in [0.25, 0.3) is 0 Å². The van der Waals surface area contributed by atoms with E-state index < -0.39 is 0 Å². The van der Waals surface area contributed by atoms with Crippen molar-refractivity contribution < 1.29 is 21.1 Å². The third-order valence-electron chi connectivity index (χ3n) is 3.81. The van der Waals surface area contributed by atoms with Gasteiger partial charge in [0.15, 0.2) is 0 Å². The molecule has 0 fully saturated rings. The van der Waals surface area contributed by atoms with Gasteiger partial charge < -0.3 is 4.90 Å². The van der Waals surface area contributed by atoms with E-state index in [1.54, 1.807) is 6.20 Å². The van der Waals surface area contributed by atoms with Gasteiger partial charge in [-0.3, -0.25) is 4.68 Å². The molecule has 0 amide bonds. The topological polar surface area (TPSA) is 21.1 Å². The normalized spacial score (nSPS) is 10.1. The van der Waals surface area contributed by atoms with Crippen LogP contribution in [0.15, 0.2) is 97.3 Å². The Hall–Kier alpha value is -2.64. The smallest absolute Gasteiger partial charge is 0.0493 e. The number of nitrogens with zero attached hydrogens (tertiary/aromatic N) is 3. The number of para-hydroxylation sites is 2. The van der Waals surface area contributed by atoms with Crippen LogP contribution in [0.4, 0.5) is 17.1 Å². The standard InChI is InChI=1S/C21H16N3.Pt/c1-3-9-18(10-4-1)24(19-11-5-2-6-12-19)21-14-7-13-20(17-21)23-16-8-15-22-23;/h1-12,14-17H;/q-1;. The second-order valence-electron chi connectivity index (χ2n) is 5.39. The summed E-state index contributed by atoms with van der Waals surface area (Å²) in [5.41, 5.74) is 4.20. The molecule has 4 heteroatoms. The number of hydrogen-bond acceptors (Lipinski definition) is 2. The number of anilines is 3. The van der Waals surface area contributed by atoms with Gasteiger partial charge in [-0.15, -0.1) is 12.1 Å². The first-order valence-corrected chi connectivity index (χ1v) is 7.84. The minimum Gasteiger partial charge on any atom is -0.334 e. The average Bonchev–Trinajstić information content (AvgIpc) is 3.19. The van der Waals surface area contributed by atoms with Crippen molar-refractivity contribution in [1.29, 1.82) is 0 Å². The fourth-order valence-corrected chi connectivity index (χ4v) is 2.73. The zero-order valence-electron chi connectivity index (χ0n) is 13.4. The van der Waals surface area contributed by atoms with Gasteiger partial charge in [-0.1, -0.05) is 42.1 Å². The molecular weight excluding hydrogens is 489 g/mol. The molecule has 0 aliphatic carbocycles. The largest absolute Gasteiger partial charge is 0.334 e. The molecule has 0 saturated heterocycles. The zero-order chi connectivity index (χ0) is 16.2. The van der Waals surface area contributed by atoms with Crippen LogP contribution in [-0.2, 0) is 21.1 Å². The third-order valence-corrected chi connectivity index (χ3v) is 3.81.